The van der Waals surface area contributed by atoms with Crippen LogP contribution in [0.2, 0.25) is 0 Å². The van der Waals surface area contributed by atoms with E-state index in [0.29, 0.717) is 6.04 Å². The van der Waals surface area contributed by atoms with E-state index in [1.54, 1.807) is 11.1 Å². The number of likely N-dealkylation sites (N-methyl/N-ethyl adjacent to an activating group) is 1. The van der Waals surface area contributed by atoms with Gasteiger partial charge < -0.3 is 8.97 Å². The predicted molar refractivity (Wildman–Crippen MR) is 82.0 cm³/mol. The summed E-state index contributed by atoms with van der Waals surface area (Å²) in [7, 11) is 9.30. The van der Waals surface area contributed by atoms with E-state index in [1.807, 2.05) is 0 Å². The number of hydrogen-bond donors (Lipinski definition) is 0. The Kier molecular flexibility index (Phi) is 4.03. The Hall–Kier alpha value is -0.860. The Morgan fingerprint density at radius 2 is 1.89 bits per heavy atom. The molecular formula is C17H30N2+2. The molecule has 2 rings (SSSR count). The average Bonchev–Trinajstić information content (AvgIpc) is 2.33. The molecule has 1 aromatic rings. The molecule has 1 aromatic carbocycles. The van der Waals surface area contributed by atoms with Gasteiger partial charge in [0.2, 0.25) is 0 Å². The lowest BCUT2D eigenvalue weighted by Crippen LogP contribution is -2.51. The Balaban J connectivity index is 2.05. The topological polar surface area (TPSA) is 0 Å². The van der Waals surface area contributed by atoms with Crippen molar-refractivity contribution in [1.82, 2.24) is 0 Å². The first-order chi connectivity index (χ1) is 8.82. The van der Waals surface area contributed by atoms with Crippen molar-refractivity contribution in [2.24, 2.45) is 0 Å². The lowest BCUT2D eigenvalue weighted by atomic mass is 9.91. The summed E-state index contributed by atoms with van der Waals surface area (Å²) in [4.78, 5) is 0. The van der Waals surface area contributed by atoms with Gasteiger partial charge in [0.1, 0.15) is 6.04 Å². The molecule has 1 aliphatic heterocycles. The van der Waals surface area contributed by atoms with Crippen molar-refractivity contribution in [3.63, 3.8) is 0 Å². The molecule has 2 unspecified atom stereocenters. The summed E-state index contributed by atoms with van der Waals surface area (Å²) in [5.41, 5.74) is 3.14. The van der Waals surface area contributed by atoms with Gasteiger partial charge in [-0.05, 0) is 12.5 Å². The van der Waals surface area contributed by atoms with E-state index in [-0.39, 0.29) is 0 Å². The first kappa shape index (κ1) is 14.5. The summed E-state index contributed by atoms with van der Waals surface area (Å²) >= 11 is 0. The normalized spacial score (nSPS) is 27.1. The van der Waals surface area contributed by atoms with Gasteiger partial charge in [0.05, 0.1) is 47.8 Å². The van der Waals surface area contributed by atoms with Crippen LogP contribution >= 0.6 is 0 Å². The number of fused-ring (bicyclic) bond motifs is 1. The molecule has 2 nitrogen and oxygen atoms in total. The molecular weight excluding hydrogens is 232 g/mol. The highest BCUT2D eigenvalue weighted by Gasteiger charge is 2.35. The fourth-order valence-electron chi connectivity index (χ4n) is 3.29. The van der Waals surface area contributed by atoms with Crippen LogP contribution in [0.5, 0.6) is 0 Å². The minimum atomic E-state index is 0.636. The molecule has 0 fully saturated rings. The lowest BCUT2D eigenvalue weighted by molar-refractivity contribution is -0.944. The highest BCUT2D eigenvalue weighted by molar-refractivity contribution is 5.30. The van der Waals surface area contributed by atoms with Crippen LogP contribution in [-0.2, 0) is 6.42 Å². The van der Waals surface area contributed by atoms with Crippen molar-refractivity contribution < 1.29 is 8.97 Å². The second-order valence-electron chi connectivity index (χ2n) is 7.42. The van der Waals surface area contributed by atoms with Gasteiger partial charge in [0, 0.05) is 18.4 Å². The quantitative estimate of drug-likeness (QED) is 0.732. The monoisotopic (exact) mass is 262 g/mol. The summed E-state index contributed by atoms with van der Waals surface area (Å²) in [6.45, 7) is 6.26. The van der Waals surface area contributed by atoms with E-state index in [0.717, 1.165) is 4.48 Å². The Morgan fingerprint density at radius 1 is 1.21 bits per heavy atom. The van der Waals surface area contributed by atoms with Crippen LogP contribution in [0.4, 0.5) is 0 Å². The maximum atomic E-state index is 2.44. The summed E-state index contributed by atoms with van der Waals surface area (Å²) < 4.78 is 2.28. The Morgan fingerprint density at radius 3 is 2.58 bits per heavy atom. The van der Waals surface area contributed by atoms with E-state index in [9.17, 15) is 0 Å². The molecule has 0 bridgehead atoms. The van der Waals surface area contributed by atoms with Gasteiger partial charge in [0.25, 0.3) is 0 Å². The van der Waals surface area contributed by atoms with Crippen LogP contribution in [0.25, 0.3) is 0 Å². The fraction of sp³-hybridized carbons (Fsp3) is 0.647. The van der Waals surface area contributed by atoms with Crippen molar-refractivity contribution in [2.75, 3.05) is 47.8 Å². The predicted octanol–water partition coefficient (Wildman–Crippen LogP) is 2.85. The summed E-state index contributed by atoms with van der Waals surface area (Å²) in [6, 6.07) is 9.64. The lowest BCUT2D eigenvalue weighted by Gasteiger charge is -2.44. The van der Waals surface area contributed by atoms with E-state index in [1.165, 1.54) is 37.0 Å². The molecule has 0 saturated heterocycles. The van der Waals surface area contributed by atoms with Gasteiger partial charge >= 0.3 is 0 Å². The number of nitrogens with zero attached hydrogens (tertiary/aromatic N) is 2. The largest absolute Gasteiger partial charge is 0.331 e. The third kappa shape index (κ3) is 3.37. The maximum Gasteiger partial charge on any atom is 0.112 e. The standard InChI is InChI=1S/C17H30N2/c1-15-17-10-7-6-9-16(17)11-14-19(15,5)13-8-12-18(2,3)4/h6-7,9-10,15H,8,11-14H2,1-5H3/q+2. The second-order valence-corrected chi connectivity index (χ2v) is 7.42. The Bertz CT molecular complexity index is 433. The van der Waals surface area contributed by atoms with Gasteiger partial charge in [-0.3, -0.25) is 0 Å². The minimum absolute atomic E-state index is 0.636. The van der Waals surface area contributed by atoms with E-state index in [2.05, 4.69) is 59.4 Å². The second kappa shape index (κ2) is 5.26. The highest BCUT2D eigenvalue weighted by Crippen LogP contribution is 2.34. The SMILES string of the molecule is CC1c2ccccc2CC[N+]1(C)CCC[N+](C)(C)C. The zero-order chi connectivity index (χ0) is 14.1. The van der Waals surface area contributed by atoms with Gasteiger partial charge in [-0.25, -0.2) is 0 Å². The molecule has 0 N–H and O–H groups in total. The summed E-state index contributed by atoms with van der Waals surface area (Å²) in [5, 5.41) is 0. The van der Waals surface area contributed by atoms with E-state index in [4.69, 9.17) is 0 Å². The zero-order valence-corrected chi connectivity index (χ0v) is 13.3. The molecule has 2 atom stereocenters. The van der Waals surface area contributed by atoms with Gasteiger partial charge in [0.15, 0.2) is 0 Å². The van der Waals surface area contributed by atoms with Crippen LogP contribution in [0.15, 0.2) is 24.3 Å². The molecule has 0 amide bonds. The smallest absolute Gasteiger partial charge is 0.112 e. The number of quaternary nitrogens is 2. The van der Waals surface area contributed by atoms with Crippen molar-refractivity contribution in [3.05, 3.63) is 35.4 Å². The maximum absolute atomic E-state index is 2.44. The van der Waals surface area contributed by atoms with Gasteiger partial charge in [-0.2, -0.15) is 0 Å². The first-order valence-electron chi connectivity index (χ1n) is 7.54. The molecule has 106 valence electrons. The molecule has 19 heavy (non-hydrogen) atoms. The van der Waals surface area contributed by atoms with Gasteiger partial charge in [-0.1, -0.05) is 24.3 Å². The molecule has 1 aliphatic rings. The minimum Gasteiger partial charge on any atom is -0.331 e. The average molecular weight is 262 g/mol. The Labute approximate surface area is 118 Å². The van der Waals surface area contributed by atoms with Crippen LogP contribution in [0, 0.1) is 0 Å². The van der Waals surface area contributed by atoms with Crippen molar-refractivity contribution in [2.45, 2.75) is 25.8 Å². The third-order valence-electron chi connectivity index (χ3n) is 4.83. The number of benzene rings is 1. The van der Waals surface area contributed by atoms with Crippen molar-refractivity contribution in [3.8, 4) is 0 Å². The van der Waals surface area contributed by atoms with Crippen LogP contribution < -0.4 is 0 Å². The summed E-state index contributed by atoms with van der Waals surface area (Å²) in [5.74, 6) is 0. The highest BCUT2D eigenvalue weighted by atomic mass is 15.4. The molecule has 0 radical (unpaired) electrons. The molecule has 2 heteroatoms. The molecule has 0 aliphatic carbocycles. The summed E-state index contributed by atoms with van der Waals surface area (Å²) in [6.07, 6.45) is 2.55. The first-order valence-corrected chi connectivity index (χ1v) is 7.54. The van der Waals surface area contributed by atoms with Crippen LogP contribution in [-0.4, -0.2) is 56.8 Å². The zero-order valence-electron chi connectivity index (χ0n) is 13.3. The van der Waals surface area contributed by atoms with Crippen LogP contribution in [0.3, 0.4) is 0 Å². The third-order valence-corrected chi connectivity index (χ3v) is 4.83. The number of rotatable bonds is 4. The van der Waals surface area contributed by atoms with E-state index < -0.39 is 0 Å². The molecule has 1 heterocycles. The van der Waals surface area contributed by atoms with Gasteiger partial charge in [-0.15, -0.1) is 0 Å². The molecule has 0 aromatic heterocycles. The fourth-order valence-corrected chi connectivity index (χ4v) is 3.29. The van der Waals surface area contributed by atoms with Crippen molar-refractivity contribution >= 4 is 0 Å². The van der Waals surface area contributed by atoms with Crippen LogP contribution in [0.1, 0.15) is 30.5 Å². The van der Waals surface area contributed by atoms with Crippen molar-refractivity contribution in [1.29, 1.82) is 0 Å². The molecule has 0 spiro atoms. The number of hydrogen-bond acceptors (Lipinski definition) is 0. The molecule has 0 saturated carbocycles. The van der Waals surface area contributed by atoms with E-state index >= 15 is 0 Å².